The van der Waals surface area contributed by atoms with Crippen molar-refractivity contribution in [1.29, 1.82) is 0 Å². The van der Waals surface area contributed by atoms with Crippen molar-refractivity contribution in [1.82, 2.24) is 5.32 Å². The summed E-state index contributed by atoms with van der Waals surface area (Å²) in [6.45, 7) is 3.09. The molecule has 2 aliphatic rings. The molecular weight excluding hydrogens is 238 g/mol. The van der Waals surface area contributed by atoms with Crippen molar-refractivity contribution in [3.8, 4) is 5.75 Å². The molecule has 0 atom stereocenters. The van der Waals surface area contributed by atoms with E-state index in [1.165, 1.54) is 5.56 Å². The zero-order valence-corrected chi connectivity index (χ0v) is 10.4. The van der Waals surface area contributed by atoms with Gasteiger partial charge in [0, 0.05) is 10.6 Å². The van der Waals surface area contributed by atoms with Gasteiger partial charge in [-0.3, -0.25) is 0 Å². The quantitative estimate of drug-likeness (QED) is 0.835. The molecule has 0 bridgehead atoms. The van der Waals surface area contributed by atoms with E-state index < -0.39 is 0 Å². The third-order valence-electron chi connectivity index (χ3n) is 3.51. The molecule has 2 aliphatic heterocycles. The fourth-order valence-corrected chi connectivity index (χ4v) is 2.90. The van der Waals surface area contributed by atoms with Gasteiger partial charge < -0.3 is 14.8 Å². The molecule has 0 aromatic heterocycles. The van der Waals surface area contributed by atoms with Crippen LogP contribution in [0.2, 0.25) is 5.02 Å². The number of hydrogen-bond donors (Lipinski definition) is 1. The van der Waals surface area contributed by atoms with Gasteiger partial charge >= 0.3 is 0 Å². The average Bonchev–Trinajstić information content (AvgIpc) is 2.39. The van der Waals surface area contributed by atoms with E-state index in [0.29, 0.717) is 19.3 Å². The van der Waals surface area contributed by atoms with Crippen LogP contribution in [-0.4, -0.2) is 19.9 Å². The molecular formula is C13H16ClNO2. The van der Waals surface area contributed by atoms with Gasteiger partial charge in [-0.1, -0.05) is 11.6 Å². The molecule has 92 valence electrons. The standard InChI is InChI=1S/C13H16ClNO2/c14-12-5-10-7-16-8-17-13(10)6-11(12)9-1-3-15-4-2-9/h5-6,9,15H,1-4,7-8H2. The molecule has 0 radical (unpaired) electrons. The zero-order valence-electron chi connectivity index (χ0n) is 9.67. The summed E-state index contributed by atoms with van der Waals surface area (Å²) in [6.07, 6.45) is 2.30. The monoisotopic (exact) mass is 253 g/mol. The van der Waals surface area contributed by atoms with Crippen molar-refractivity contribution in [3.05, 3.63) is 28.3 Å². The first-order valence-corrected chi connectivity index (χ1v) is 6.46. The molecule has 17 heavy (non-hydrogen) atoms. The molecule has 0 unspecified atom stereocenters. The van der Waals surface area contributed by atoms with E-state index in [0.717, 1.165) is 42.3 Å². The molecule has 0 amide bonds. The third-order valence-corrected chi connectivity index (χ3v) is 3.84. The fraction of sp³-hybridized carbons (Fsp3) is 0.538. The molecule has 1 saturated heterocycles. The van der Waals surface area contributed by atoms with Gasteiger partial charge in [0.2, 0.25) is 0 Å². The fourth-order valence-electron chi connectivity index (χ4n) is 2.56. The maximum absolute atomic E-state index is 6.36. The number of ether oxygens (including phenoxy) is 2. The number of fused-ring (bicyclic) bond motifs is 1. The van der Waals surface area contributed by atoms with Crippen LogP contribution in [0.4, 0.5) is 0 Å². The van der Waals surface area contributed by atoms with Gasteiger partial charge in [-0.2, -0.15) is 0 Å². The van der Waals surface area contributed by atoms with Gasteiger partial charge in [0.1, 0.15) is 5.75 Å². The molecule has 1 N–H and O–H groups in total. The zero-order chi connectivity index (χ0) is 11.7. The van der Waals surface area contributed by atoms with Crippen LogP contribution in [0.25, 0.3) is 0 Å². The minimum absolute atomic E-state index is 0.348. The smallest absolute Gasteiger partial charge is 0.189 e. The van der Waals surface area contributed by atoms with Crippen LogP contribution in [0, 0.1) is 0 Å². The van der Waals surface area contributed by atoms with Gasteiger partial charge in [0.05, 0.1) is 6.61 Å². The van der Waals surface area contributed by atoms with Crippen LogP contribution in [0.3, 0.4) is 0 Å². The molecule has 3 nitrogen and oxygen atoms in total. The Morgan fingerprint density at radius 3 is 2.88 bits per heavy atom. The summed E-state index contributed by atoms with van der Waals surface area (Å²) < 4.78 is 10.8. The second-order valence-corrected chi connectivity index (χ2v) is 5.02. The Morgan fingerprint density at radius 1 is 1.24 bits per heavy atom. The maximum atomic E-state index is 6.36. The first-order valence-electron chi connectivity index (χ1n) is 6.08. The summed E-state index contributed by atoms with van der Waals surface area (Å²) in [6, 6.07) is 4.10. The second kappa shape index (κ2) is 4.84. The van der Waals surface area contributed by atoms with E-state index in [1.54, 1.807) is 0 Å². The van der Waals surface area contributed by atoms with Crippen molar-refractivity contribution in [2.24, 2.45) is 0 Å². The van der Waals surface area contributed by atoms with Crippen LogP contribution >= 0.6 is 11.6 Å². The van der Waals surface area contributed by atoms with E-state index in [1.807, 2.05) is 6.07 Å². The van der Waals surface area contributed by atoms with Gasteiger partial charge in [-0.25, -0.2) is 0 Å². The Balaban J connectivity index is 1.93. The third kappa shape index (κ3) is 2.28. The Bertz CT molecular complexity index is 416. The molecule has 0 aliphatic carbocycles. The van der Waals surface area contributed by atoms with E-state index >= 15 is 0 Å². The molecule has 0 spiro atoms. The summed E-state index contributed by atoms with van der Waals surface area (Å²) in [5, 5.41) is 4.22. The minimum atomic E-state index is 0.348. The van der Waals surface area contributed by atoms with E-state index in [-0.39, 0.29) is 0 Å². The second-order valence-electron chi connectivity index (χ2n) is 4.62. The first kappa shape index (κ1) is 11.3. The van der Waals surface area contributed by atoms with Gasteiger partial charge in [-0.05, 0) is 49.5 Å². The Kier molecular flexibility index (Phi) is 3.23. The normalized spacial score (nSPS) is 20.8. The largest absolute Gasteiger partial charge is 0.467 e. The lowest BCUT2D eigenvalue weighted by Gasteiger charge is -2.26. The molecule has 3 rings (SSSR count). The summed E-state index contributed by atoms with van der Waals surface area (Å²) in [5.41, 5.74) is 2.28. The predicted molar refractivity (Wildman–Crippen MR) is 66.6 cm³/mol. The summed E-state index contributed by atoms with van der Waals surface area (Å²) in [4.78, 5) is 0. The SMILES string of the molecule is Clc1cc2c(cc1C1CCNCC1)OCOC2. The summed E-state index contributed by atoms with van der Waals surface area (Å²) in [7, 11) is 0. The highest BCUT2D eigenvalue weighted by Crippen LogP contribution is 2.37. The highest BCUT2D eigenvalue weighted by molar-refractivity contribution is 6.31. The van der Waals surface area contributed by atoms with Gasteiger partial charge in [0.25, 0.3) is 0 Å². The van der Waals surface area contributed by atoms with Crippen LogP contribution < -0.4 is 10.1 Å². The molecule has 4 heteroatoms. The Morgan fingerprint density at radius 2 is 2.06 bits per heavy atom. The highest BCUT2D eigenvalue weighted by Gasteiger charge is 2.21. The Hall–Kier alpha value is -0.770. The molecule has 1 aromatic rings. The van der Waals surface area contributed by atoms with E-state index in [2.05, 4.69) is 11.4 Å². The van der Waals surface area contributed by atoms with Crippen molar-refractivity contribution >= 4 is 11.6 Å². The van der Waals surface area contributed by atoms with Crippen molar-refractivity contribution < 1.29 is 9.47 Å². The first-order chi connectivity index (χ1) is 8.34. The maximum Gasteiger partial charge on any atom is 0.189 e. The Labute approximate surface area is 106 Å². The molecule has 1 aromatic carbocycles. The number of hydrogen-bond acceptors (Lipinski definition) is 3. The number of nitrogens with one attached hydrogen (secondary N) is 1. The minimum Gasteiger partial charge on any atom is -0.467 e. The lowest BCUT2D eigenvalue weighted by atomic mass is 9.89. The number of rotatable bonds is 1. The van der Waals surface area contributed by atoms with Crippen LogP contribution in [0.5, 0.6) is 5.75 Å². The lowest BCUT2D eigenvalue weighted by molar-refractivity contribution is -0.0164. The average molecular weight is 254 g/mol. The summed E-state index contributed by atoms with van der Waals surface area (Å²) in [5.74, 6) is 1.50. The lowest BCUT2D eigenvalue weighted by Crippen LogP contribution is -2.27. The van der Waals surface area contributed by atoms with Crippen molar-refractivity contribution in [3.63, 3.8) is 0 Å². The predicted octanol–water partition coefficient (Wildman–Crippen LogP) is 2.67. The number of piperidine rings is 1. The van der Waals surface area contributed by atoms with E-state index in [9.17, 15) is 0 Å². The van der Waals surface area contributed by atoms with Crippen molar-refractivity contribution in [2.75, 3.05) is 19.9 Å². The van der Waals surface area contributed by atoms with Gasteiger partial charge in [0.15, 0.2) is 6.79 Å². The molecule has 1 fully saturated rings. The summed E-state index contributed by atoms with van der Waals surface area (Å²) >= 11 is 6.36. The molecule has 0 saturated carbocycles. The van der Waals surface area contributed by atoms with Crippen molar-refractivity contribution in [2.45, 2.75) is 25.4 Å². The van der Waals surface area contributed by atoms with E-state index in [4.69, 9.17) is 21.1 Å². The topological polar surface area (TPSA) is 30.5 Å². The highest BCUT2D eigenvalue weighted by atomic mass is 35.5. The van der Waals surface area contributed by atoms with Gasteiger partial charge in [-0.15, -0.1) is 0 Å². The van der Waals surface area contributed by atoms with Crippen LogP contribution in [0.15, 0.2) is 12.1 Å². The number of halogens is 1. The molecule has 2 heterocycles. The number of benzene rings is 1. The van der Waals surface area contributed by atoms with Crippen LogP contribution in [0.1, 0.15) is 29.9 Å². The van der Waals surface area contributed by atoms with Crippen LogP contribution in [-0.2, 0) is 11.3 Å².